The topological polar surface area (TPSA) is 92.2 Å². The number of aromatic hydroxyl groups is 1. The Morgan fingerprint density at radius 2 is 2.16 bits per heavy atom. The van der Waals surface area contributed by atoms with E-state index in [1.54, 1.807) is 6.07 Å². The molecule has 3 rings (SSSR count). The Labute approximate surface area is 109 Å². The van der Waals surface area contributed by atoms with Gasteiger partial charge in [0.1, 0.15) is 5.75 Å². The van der Waals surface area contributed by atoms with Crippen LogP contribution in [-0.4, -0.2) is 34.6 Å². The third-order valence-corrected chi connectivity index (χ3v) is 5.31. The zero-order chi connectivity index (χ0) is 13.6. The maximum Gasteiger partial charge on any atom is 0.326 e. The molecule has 1 unspecified atom stereocenters. The highest BCUT2D eigenvalue weighted by atomic mass is 32.2. The first-order valence-corrected chi connectivity index (χ1v) is 7.92. The van der Waals surface area contributed by atoms with Gasteiger partial charge >= 0.3 is 5.69 Å². The average Bonchev–Trinajstić information content (AvgIpc) is 2.63. The fourth-order valence-corrected chi connectivity index (χ4v) is 4.35. The summed E-state index contributed by atoms with van der Waals surface area (Å²) in [6, 6.07) is 4.22. The number of sulfone groups is 1. The number of aromatic amines is 1. The predicted molar refractivity (Wildman–Crippen MR) is 71.1 cm³/mol. The highest BCUT2D eigenvalue weighted by molar-refractivity contribution is 7.91. The van der Waals surface area contributed by atoms with E-state index in [2.05, 4.69) is 4.98 Å². The van der Waals surface area contributed by atoms with Crippen molar-refractivity contribution in [1.82, 2.24) is 9.55 Å². The van der Waals surface area contributed by atoms with Gasteiger partial charge in [0.05, 0.1) is 28.6 Å². The molecule has 1 atom stereocenters. The SMILES string of the molecule is O=c1[nH]c2ccc(O)cc2n1C1CCCS(=O)(=O)C1. The van der Waals surface area contributed by atoms with E-state index < -0.39 is 9.84 Å². The Bertz CT molecular complexity index is 788. The van der Waals surface area contributed by atoms with Gasteiger partial charge < -0.3 is 10.1 Å². The number of fused-ring (bicyclic) bond motifs is 1. The third-order valence-electron chi connectivity index (χ3n) is 3.51. The molecule has 7 heteroatoms. The monoisotopic (exact) mass is 282 g/mol. The van der Waals surface area contributed by atoms with Gasteiger partial charge in [0.15, 0.2) is 9.84 Å². The number of H-pyrrole nitrogens is 1. The molecular weight excluding hydrogens is 268 g/mol. The van der Waals surface area contributed by atoms with Crippen LogP contribution in [0.3, 0.4) is 0 Å². The van der Waals surface area contributed by atoms with Gasteiger partial charge in [-0.2, -0.15) is 0 Å². The highest BCUT2D eigenvalue weighted by Crippen LogP contribution is 2.26. The predicted octanol–water partition coefficient (Wildman–Crippen LogP) is 0.785. The number of aromatic nitrogens is 2. The van der Waals surface area contributed by atoms with Crippen LogP contribution < -0.4 is 5.69 Å². The second kappa shape index (κ2) is 4.12. The van der Waals surface area contributed by atoms with E-state index in [4.69, 9.17) is 0 Å². The lowest BCUT2D eigenvalue weighted by Crippen LogP contribution is -2.32. The third kappa shape index (κ3) is 2.14. The number of phenolic OH excluding ortho intramolecular Hbond substituents is 1. The molecule has 19 heavy (non-hydrogen) atoms. The van der Waals surface area contributed by atoms with Gasteiger partial charge in [0.25, 0.3) is 0 Å². The minimum absolute atomic E-state index is 0.0183. The molecule has 0 bridgehead atoms. The summed E-state index contributed by atoms with van der Waals surface area (Å²) in [5.74, 6) is 0.223. The first-order chi connectivity index (χ1) is 8.96. The second-order valence-corrected chi connectivity index (χ2v) is 7.14. The summed E-state index contributed by atoms with van der Waals surface area (Å²) in [7, 11) is -3.09. The van der Waals surface area contributed by atoms with Crippen LogP contribution in [0.5, 0.6) is 5.75 Å². The van der Waals surface area contributed by atoms with E-state index in [0.717, 1.165) is 0 Å². The van der Waals surface area contributed by atoms with Crippen molar-refractivity contribution in [3.63, 3.8) is 0 Å². The van der Waals surface area contributed by atoms with Gasteiger partial charge in [-0.3, -0.25) is 4.57 Å². The van der Waals surface area contributed by atoms with Crippen LogP contribution in [0.1, 0.15) is 18.9 Å². The summed E-state index contributed by atoms with van der Waals surface area (Å²) in [5.41, 5.74) is 0.820. The van der Waals surface area contributed by atoms with Crippen molar-refractivity contribution in [2.24, 2.45) is 0 Å². The molecule has 1 aliphatic rings. The molecule has 0 saturated carbocycles. The molecule has 1 fully saturated rings. The van der Waals surface area contributed by atoms with Gasteiger partial charge in [-0.05, 0) is 25.0 Å². The van der Waals surface area contributed by atoms with Crippen molar-refractivity contribution in [1.29, 1.82) is 0 Å². The van der Waals surface area contributed by atoms with Crippen LogP contribution >= 0.6 is 0 Å². The Balaban J connectivity index is 2.16. The van der Waals surface area contributed by atoms with Crippen LogP contribution in [0.15, 0.2) is 23.0 Å². The molecule has 6 nitrogen and oxygen atoms in total. The molecule has 2 heterocycles. The van der Waals surface area contributed by atoms with E-state index in [0.29, 0.717) is 23.9 Å². The molecular formula is C12H14N2O4S. The smallest absolute Gasteiger partial charge is 0.326 e. The maximum absolute atomic E-state index is 12.0. The van der Waals surface area contributed by atoms with E-state index >= 15 is 0 Å². The van der Waals surface area contributed by atoms with Gasteiger partial charge in [0.2, 0.25) is 0 Å². The fraction of sp³-hybridized carbons (Fsp3) is 0.417. The quantitative estimate of drug-likeness (QED) is 0.808. The molecule has 0 amide bonds. The summed E-state index contributed by atoms with van der Waals surface area (Å²) in [6.07, 6.45) is 1.21. The van der Waals surface area contributed by atoms with Crippen molar-refractivity contribution in [3.05, 3.63) is 28.7 Å². The molecule has 1 aromatic carbocycles. The lowest BCUT2D eigenvalue weighted by molar-refractivity contribution is 0.466. The van der Waals surface area contributed by atoms with Crippen LogP contribution in [0.2, 0.25) is 0 Å². The van der Waals surface area contributed by atoms with Gasteiger partial charge in [0, 0.05) is 6.07 Å². The molecule has 102 valence electrons. The van der Waals surface area contributed by atoms with Gasteiger partial charge in [-0.1, -0.05) is 0 Å². The minimum atomic E-state index is -3.09. The zero-order valence-corrected chi connectivity index (χ0v) is 11.0. The Hall–Kier alpha value is -1.76. The number of nitrogens with one attached hydrogen (secondary N) is 1. The van der Waals surface area contributed by atoms with E-state index in [1.165, 1.54) is 16.7 Å². The number of nitrogens with zero attached hydrogens (tertiary/aromatic N) is 1. The average molecular weight is 282 g/mol. The van der Waals surface area contributed by atoms with Gasteiger partial charge in [-0.25, -0.2) is 13.2 Å². The van der Waals surface area contributed by atoms with E-state index in [9.17, 15) is 18.3 Å². The van der Waals surface area contributed by atoms with Crippen molar-refractivity contribution in [2.45, 2.75) is 18.9 Å². The maximum atomic E-state index is 12.0. The molecule has 2 N–H and O–H groups in total. The Kier molecular flexibility index (Phi) is 2.67. The molecule has 2 aromatic rings. The van der Waals surface area contributed by atoms with E-state index in [-0.39, 0.29) is 29.0 Å². The first kappa shape index (κ1) is 12.3. The highest BCUT2D eigenvalue weighted by Gasteiger charge is 2.28. The molecule has 1 aromatic heterocycles. The second-order valence-electron chi connectivity index (χ2n) is 4.91. The summed E-state index contributed by atoms with van der Waals surface area (Å²) in [6.45, 7) is 0. The molecule has 1 saturated heterocycles. The van der Waals surface area contributed by atoms with Crippen LogP contribution in [-0.2, 0) is 9.84 Å². The van der Waals surface area contributed by atoms with Gasteiger partial charge in [-0.15, -0.1) is 0 Å². The molecule has 0 radical (unpaired) electrons. The van der Waals surface area contributed by atoms with Crippen molar-refractivity contribution >= 4 is 20.9 Å². The Morgan fingerprint density at radius 1 is 1.37 bits per heavy atom. The largest absolute Gasteiger partial charge is 0.508 e. The number of hydrogen-bond donors (Lipinski definition) is 2. The van der Waals surface area contributed by atoms with Crippen LogP contribution in [0.4, 0.5) is 0 Å². The fourth-order valence-electron chi connectivity index (χ4n) is 2.67. The van der Waals surface area contributed by atoms with Crippen molar-refractivity contribution in [2.75, 3.05) is 11.5 Å². The number of benzene rings is 1. The molecule has 0 aliphatic carbocycles. The van der Waals surface area contributed by atoms with Crippen LogP contribution in [0.25, 0.3) is 11.0 Å². The molecule has 1 aliphatic heterocycles. The van der Waals surface area contributed by atoms with E-state index in [1.807, 2.05) is 0 Å². The Morgan fingerprint density at radius 3 is 2.89 bits per heavy atom. The summed E-state index contributed by atoms with van der Waals surface area (Å²) < 4.78 is 24.8. The number of imidazole rings is 1. The first-order valence-electron chi connectivity index (χ1n) is 6.10. The van der Waals surface area contributed by atoms with Crippen molar-refractivity contribution in [3.8, 4) is 5.75 Å². The van der Waals surface area contributed by atoms with Crippen molar-refractivity contribution < 1.29 is 13.5 Å². The minimum Gasteiger partial charge on any atom is -0.508 e. The number of phenols is 1. The number of hydrogen-bond acceptors (Lipinski definition) is 4. The summed E-state index contributed by atoms with van der Waals surface area (Å²) in [5, 5.41) is 9.52. The number of rotatable bonds is 1. The van der Waals surface area contributed by atoms with Crippen LogP contribution in [0, 0.1) is 0 Å². The summed E-state index contributed by atoms with van der Waals surface area (Å²) in [4.78, 5) is 14.7. The standard InChI is InChI=1S/C12H14N2O4S/c15-9-3-4-10-11(6-9)14(12(16)13-10)8-2-1-5-19(17,18)7-8/h3-4,6,8,15H,1-2,5,7H2,(H,13,16). The lowest BCUT2D eigenvalue weighted by atomic mass is 10.1. The molecule has 0 spiro atoms. The summed E-state index contributed by atoms with van der Waals surface area (Å²) >= 11 is 0. The zero-order valence-electron chi connectivity index (χ0n) is 10.2. The lowest BCUT2D eigenvalue weighted by Gasteiger charge is -2.23. The normalized spacial score (nSPS) is 22.6.